The van der Waals surface area contributed by atoms with Gasteiger partial charge in [-0.05, 0) is 31.9 Å². The molecule has 1 heterocycles. The van der Waals surface area contributed by atoms with Gasteiger partial charge in [0.05, 0.1) is 5.92 Å². The minimum absolute atomic E-state index is 0.0133. The van der Waals surface area contributed by atoms with Gasteiger partial charge in [-0.15, -0.1) is 6.42 Å². The zero-order chi connectivity index (χ0) is 15.2. The molecule has 1 amide bonds. The number of nitrogens with zero attached hydrogens (tertiary/aromatic N) is 1. The van der Waals surface area contributed by atoms with Crippen molar-refractivity contribution in [3.05, 3.63) is 35.9 Å². The summed E-state index contributed by atoms with van der Waals surface area (Å²) in [4.78, 5) is 26.0. The van der Waals surface area contributed by atoms with Crippen LogP contribution in [0.5, 0.6) is 0 Å². The Labute approximate surface area is 125 Å². The van der Waals surface area contributed by atoms with E-state index in [-0.39, 0.29) is 17.8 Å². The molecule has 0 spiro atoms. The molecule has 4 nitrogen and oxygen atoms in total. The van der Waals surface area contributed by atoms with Crippen LogP contribution < -0.4 is 0 Å². The third-order valence-corrected chi connectivity index (χ3v) is 3.66. The summed E-state index contributed by atoms with van der Waals surface area (Å²) >= 11 is 0. The predicted octanol–water partition coefficient (Wildman–Crippen LogP) is 2.10. The molecule has 0 bridgehead atoms. The fraction of sp³-hybridized carbons (Fsp3) is 0.412. The SMILES string of the molecule is C#C[C@H](C)OC(=O)C1CCN(C(=O)c2ccccc2)CC1. The number of amides is 1. The van der Waals surface area contributed by atoms with E-state index in [0.717, 1.165) is 0 Å². The third kappa shape index (κ3) is 3.85. The second kappa shape index (κ2) is 6.94. The Balaban J connectivity index is 1.88. The van der Waals surface area contributed by atoms with Gasteiger partial charge in [-0.2, -0.15) is 0 Å². The average Bonchev–Trinajstić information content (AvgIpc) is 2.55. The number of carbonyl (C=O) groups excluding carboxylic acids is 2. The first-order valence-corrected chi connectivity index (χ1v) is 7.12. The fourth-order valence-corrected chi connectivity index (χ4v) is 2.39. The molecule has 1 fully saturated rings. The van der Waals surface area contributed by atoms with Crippen molar-refractivity contribution >= 4 is 11.9 Å². The number of ether oxygens (including phenoxy) is 1. The second-order valence-electron chi connectivity index (χ2n) is 5.18. The number of likely N-dealkylation sites (tertiary alicyclic amines) is 1. The molecule has 1 aromatic carbocycles. The Morgan fingerprint density at radius 2 is 1.90 bits per heavy atom. The molecule has 0 N–H and O–H groups in total. The first kappa shape index (κ1) is 15.1. The van der Waals surface area contributed by atoms with Crippen LogP contribution >= 0.6 is 0 Å². The van der Waals surface area contributed by atoms with Crippen LogP contribution in [0.25, 0.3) is 0 Å². The van der Waals surface area contributed by atoms with Crippen LogP contribution in [-0.2, 0) is 9.53 Å². The van der Waals surface area contributed by atoms with E-state index in [4.69, 9.17) is 11.2 Å². The van der Waals surface area contributed by atoms with Gasteiger partial charge in [0.1, 0.15) is 0 Å². The van der Waals surface area contributed by atoms with Crippen molar-refractivity contribution in [1.29, 1.82) is 0 Å². The van der Waals surface area contributed by atoms with Crippen molar-refractivity contribution in [3.63, 3.8) is 0 Å². The fourth-order valence-electron chi connectivity index (χ4n) is 2.39. The number of hydrogen-bond donors (Lipinski definition) is 0. The van der Waals surface area contributed by atoms with E-state index >= 15 is 0 Å². The summed E-state index contributed by atoms with van der Waals surface area (Å²) in [5, 5.41) is 0. The van der Waals surface area contributed by atoms with Gasteiger partial charge in [-0.1, -0.05) is 24.1 Å². The topological polar surface area (TPSA) is 46.6 Å². The smallest absolute Gasteiger partial charge is 0.310 e. The Hall–Kier alpha value is -2.28. The van der Waals surface area contributed by atoms with Gasteiger partial charge in [0.15, 0.2) is 6.10 Å². The summed E-state index contributed by atoms with van der Waals surface area (Å²) in [6.45, 7) is 2.81. The summed E-state index contributed by atoms with van der Waals surface area (Å²) in [6.07, 6.45) is 5.94. The zero-order valence-electron chi connectivity index (χ0n) is 12.1. The standard InChI is InChI=1S/C17H19NO3/c1-3-13(2)21-17(20)15-9-11-18(12-10-15)16(19)14-7-5-4-6-8-14/h1,4-8,13,15H,9-12H2,2H3/t13-/m0/s1. The van der Waals surface area contributed by atoms with E-state index < -0.39 is 6.10 Å². The van der Waals surface area contributed by atoms with Crippen LogP contribution in [0.4, 0.5) is 0 Å². The third-order valence-electron chi connectivity index (χ3n) is 3.66. The molecule has 0 aromatic heterocycles. The van der Waals surface area contributed by atoms with E-state index in [1.165, 1.54) is 0 Å². The minimum Gasteiger partial charge on any atom is -0.449 e. The highest BCUT2D eigenvalue weighted by Gasteiger charge is 2.29. The number of carbonyl (C=O) groups is 2. The van der Waals surface area contributed by atoms with E-state index in [1.54, 1.807) is 24.0 Å². The second-order valence-corrected chi connectivity index (χ2v) is 5.18. The number of terminal acetylenes is 1. The molecular formula is C17H19NO3. The van der Waals surface area contributed by atoms with Crippen LogP contribution in [0.3, 0.4) is 0 Å². The summed E-state index contributed by atoms with van der Waals surface area (Å²) in [6, 6.07) is 9.18. The van der Waals surface area contributed by atoms with E-state index in [9.17, 15) is 9.59 Å². The molecule has 2 rings (SSSR count). The largest absolute Gasteiger partial charge is 0.449 e. The van der Waals surface area contributed by atoms with Gasteiger partial charge in [0.2, 0.25) is 0 Å². The highest BCUT2D eigenvalue weighted by molar-refractivity contribution is 5.94. The Morgan fingerprint density at radius 1 is 1.29 bits per heavy atom. The van der Waals surface area contributed by atoms with Gasteiger partial charge in [-0.25, -0.2) is 0 Å². The zero-order valence-corrected chi connectivity index (χ0v) is 12.1. The normalized spacial score (nSPS) is 16.9. The van der Waals surface area contributed by atoms with E-state index in [2.05, 4.69) is 5.92 Å². The number of benzene rings is 1. The number of piperidine rings is 1. The van der Waals surface area contributed by atoms with Gasteiger partial charge in [0.25, 0.3) is 5.91 Å². The lowest BCUT2D eigenvalue weighted by Crippen LogP contribution is -2.41. The molecular weight excluding hydrogens is 266 g/mol. The molecule has 1 aliphatic heterocycles. The number of rotatable bonds is 3. The van der Waals surface area contributed by atoms with Crippen molar-refractivity contribution in [3.8, 4) is 12.3 Å². The Bertz CT molecular complexity index is 539. The van der Waals surface area contributed by atoms with Crippen LogP contribution in [0.15, 0.2) is 30.3 Å². The van der Waals surface area contributed by atoms with Crippen molar-refractivity contribution in [2.75, 3.05) is 13.1 Å². The molecule has 1 aromatic rings. The van der Waals surface area contributed by atoms with E-state index in [1.807, 2.05) is 18.2 Å². The molecule has 1 atom stereocenters. The monoisotopic (exact) mass is 285 g/mol. The van der Waals surface area contributed by atoms with E-state index in [0.29, 0.717) is 31.5 Å². The average molecular weight is 285 g/mol. The molecule has 0 saturated carbocycles. The molecule has 21 heavy (non-hydrogen) atoms. The van der Waals surface area contributed by atoms with Crippen LogP contribution in [0.2, 0.25) is 0 Å². The maximum absolute atomic E-state index is 12.3. The lowest BCUT2D eigenvalue weighted by atomic mass is 9.96. The van der Waals surface area contributed by atoms with Crippen LogP contribution in [0, 0.1) is 18.3 Å². The maximum Gasteiger partial charge on any atom is 0.310 e. The minimum atomic E-state index is -0.499. The molecule has 1 saturated heterocycles. The molecule has 4 heteroatoms. The van der Waals surface area contributed by atoms with Gasteiger partial charge in [0, 0.05) is 18.7 Å². The summed E-state index contributed by atoms with van der Waals surface area (Å²) in [7, 11) is 0. The molecule has 110 valence electrons. The predicted molar refractivity (Wildman–Crippen MR) is 79.5 cm³/mol. The lowest BCUT2D eigenvalue weighted by Gasteiger charge is -2.31. The highest BCUT2D eigenvalue weighted by atomic mass is 16.5. The van der Waals surface area contributed by atoms with Gasteiger partial charge < -0.3 is 9.64 Å². The summed E-state index contributed by atoms with van der Waals surface area (Å²) < 4.78 is 5.14. The molecule has 0 unspecified atom stereocenters. The van der Waals surface area contributed by atoms with Crippen LogP contribution in [0.1, 0.15) is 30.1 Å². The highest BCUT2D eigenvalue weighted by Crippen LogP contribution is 2.20. The Kier molecular flexibility index (Phi) is 4.99. The number of esters is 1. The van der Waals surface area contributed by atoms with Crippen LogP contribution in [-0.4, -0.2) is 36.0 Å². The van der Waals surface area contributed by atoms with Gasteiger partial charge >= 0.3 is 5.97 Å². The van der Waals surface area contributed by atoms with Crippen molar-refractivity contribution in [1.82, 2.24) is 4.90 Å². The van der Waals surface area contributed by atoms with Crippen molar-refractivity contribution in [2.45, 2.75) is 25.9 Å². The number of hydrogen-bond acceptors (Lipinski definition) is 3. The maximum atomic E-state index is 12.3. The Morgan fingerprint density at radius 3 is 2.48 bits per heavy atom. The molecule has 1 aliphatic rings. The van der Waals surface area contributed by atoms with Crippen molar-refractivity contribution in [2.24, 2.45) is 5.92 Å². The lowest BCUT2D eigenvalue weighted by molar-refractivity contribution is -0.152. The molecule has 0 radical (unpaired) electrons. The van der Waals surface area contributed by atoms with Gasteiger partial charge in [-0.3, -0.25) is 9.59 Å². The summed E-state index contributed by atoms with van der Waals surface area (Å²) in [5.74, 6) is 1.97. The first-order valence-electron chi connectivity index (χ1n) is 7.12. The molecule has 0 aliphatic carbocycles. The van der Waals surface area contributed by atoms with Crippen molar-refractivity contribution < 1.29 is 14.3 Å². The quantitative estimate of drug-likeness (QED) is 0.631. The first-order chi connectivity index (χ1) is 10.1. The summed E-state index contributed by atoms with van der Waals surface area (Å²) in [5.41, 5.74) is 0.680.